The van der Waals surface area contributed by atoms with Gasteiger partial charge in [0, 0.05) is 10.8 Å². The maximum absolute atomic E-state index is 2.51. The number of hydrogen-bond donors (Lipinski definition) is 0. The average Bonchev–Trinajstić information content (AvgIpc) is 3.25. The van der Waals surface area contributed by atoms with Gasteiger partial charge in [0.05, 0.1) is 0 Å². The van der Waals surface area contributed by atoms with E-state index in [-0.39, 0.29) is 10.8 Å². The summed E-state index contributed by atoms with van der Waals surface area (Å²) in [6.07, 6.45) is 0. The summed E-state index contributed by atoms with van der Waals surface area (Å²) in [5.41, 5.74) is 11.4. The van der Waals surface area contributed by atoms with Crippen LogP contribution in [-0.4, -0.2) is 0 Å². The van der Waals surface area contributed by atoms with Gasteiger partial charge < -0.3 is 0 Å². The number of benzene rings is 6. The van der Waals surface area contributed by atoms with E-state index in [0.29, 0.717) is 0 Å². The van der Waals surface area contributed by atoms with Gasteiger partial charge in [-0.25, -0.2) is 0 Å². The zero-order chi connectivity index (χ0) is 24.4. The Bertz CT molecular complexity index is 1930. The lowest BCUT2D eigenvalue weighted by molar-refractivity contribution is 0.652. The third kappa shape index (κ3) is 2.35. The molecule has 0 amide bonds. The van der Waals surface area contributed by atoms with Gasteiger partial charge in [0.2, 0.25) is 0 Å². The van der Waals surface area contributed by atoms with Crippen molar-refractivity contribution in [3.8, 4) is 22.3 Å². The smallest absolute Gasteiger partial charge is 0.0159 e. The van der Waals surface area contributed by atoms with E-state index < -0.39 is 0 Å². The van der Waals surface area contributed by atoms with Crippen molar-refractivity contribution in [3.05, 3.63) is 119 Å². The Kier molecular flexibility index (Phi) is 3.64. The van der Waals surface area contributed by atoms with Crippen molar-refractivity contribution in [2.24, 2.45) is 0 Å². The highest BCUT2D eigenvalue weighted by Crippen LogP contribution is 2.56. The molecule has 0 spiro atoms. The van der Waals surface area contributed by atoms with Gasteiger partial charge in [-0.15, -0.1) is 0 Å². The Hall–Kier alpha value is -3.90. The van der Waals surface area contributed by atoms with Crippen LogP contribution in [0.4, 0.5) is 0 Å². The molecule has 6 aromatic rings. The number of fused-ring (bicyclic) bond motifs is 11. The van der Waals surface area contributed by atoms with E-state index in [1.54, 1.807) is 0 Å². The van der Waals surface area contributed by atoms with Crippen LogP contribution in [0.15, 0.2) is 97.1 Å². The molecule has 0 saturated heterocycles. The van der Waals surface area contributed by atoms with Crippen molar-refractivity contribution in [2.45, 2.75) is 38.5 Å². The molecule has 0 nitrogen and oxygen atoms in total. The van der Waals surface area contributed by atoms with E-state index in [1.807, 2.05) is 0 Å². The van der Waals surface area contributed by atoms with Gasteiger partial charge in [-0.3, -0.25) is 0 Å². The van der Waals surface area contributed by atoms with Gasteiger partial charge >= 0.3 is 0 Å². The fraction of sp³-hybridized carbons (Fsp3) is 0.167. The molecule has 0 fully saturated rings. The Labute approximate surface area is 212 Å². The summed E-state index contributed by atoms with van der Waals surface area (Å²) >= 11 is 0. The third-order valence-electron chi connectivity index (χ3n) is 9.24. The first-order valence-electron chi connectivity index (χ1n) is 13.0. The molecular weight excluding hydrogens is 432 g/mol. The summed E-state index contributed by atoms with van der Waals surface area (Å²) in [5, 5.41) is 8.00. The molecule has 8 rings (SSSR count). The van der Waals surface area contributed by atoms with Crippen LogP contribution in [0.2, 0.25) is 0 Å². The van der Waals surface area contributed by atoms with Gasteiger partial charge in [0.25, 0.3) is 0 Å². The molecule has 36 heavy (non-hydrogen) atoms. The van der Waals surface area contributed by atoms with Crippen LogP contribution in [0.25, 0.3) is 54.6 Å². The monoisotopic (exact) mass is 460 g/mol. The van der Waals surface area contributed by atoms with Crippen molar-refractivity contribution in [2.75, 3.05) is 0 Å². The Balaban J connectivity index is 1.42. The van der Waals surface area contributed by atoms with Gasteiger partial charge in [-0.05, 0) is 101 Å². The van der Waals surface area contributed by atoms with Crippen LogP contribution in [0.5, 0.6) is 0 Å². The lowest BCUT2D eigenvalue weighted by Crippen LogP contribution is -2.17. The quantitative estimate of drug-likeness (QED) is 0.198. The number of rotatable bonds is 0. The summed E-state index contributed by atoms with van der Waals surface area (Å²) in [7, 11) is 0. The molecule has 6 aromatic carbocycles. The molecule has 2 aliphatic rings. The molecule has 0 aliphatic heterocycles. The third-order valence-corrected chi connectivity index (χ3v) is 9.24. The van der Waals surface area contributed by atoms with Gasteiger partial charge in [-0.2, -0.15) is 0 Å². The standard InChI is InChI=1S/C36H28/c1-35(2)31-12-8-7-11-26(31)29-19-34-30(20-33(29)35)28-17-22-14-16-24-23-10-6-5-9-21(23)13-15-25(24)27(22)18-32(28)36(34,3)4/h5-20H,1-4H3. The van der Waals surface area contributed by atoms with Gasteiger partial charge in [0.1, 0.15) is 0 Å². The maximum Gasteiger partial charge on any atom is 0.0159 e. The molecule has 0 unspecified atom stereocenters. The van der Waals surface area contributed by atoms with Crippen LogP contribution in [-0.2, 0) is 10.8 Å². The highest BCUT2D eigenvalue weighted by atomic mass is 14.4. The number of hydrogen-bond acceptors (Lipinski definition) is 0. The van der Waals surface area contributed by atoms with E-state index in [4.69, 9.17) is 0 Å². The minimum Gasteiger partial charge on any atom is -0.0619 e. The summed E-state index contributed by atoms with van der Waals surface area (Å²) in [5.74, 6) is 0. The Morgan fingerprint density at radius 3 is 1.72 bits per heavy atom. The molecule has 0 atom stereocenters. The average molecular weight is 461 g/mol. The summed E-state index contributed by atoms with van der Waals surface area (Å²) in [4.78, 5) is 0. The molecule has 172 valence electrons. The molecule has 0 bridgehead atoms. The fourth-order valence-electron chi connectivity index (χ4n) is 7.24. The second-order valence-electron chi connectivity index (χ2n) is 11.8. The predicted molar refractivity (Wildman–Crippen MR) is 154 cm³/mol. The Morgan fingerprint density at radius 2 is 0.917 bits per heavy atom. The van der Waals surface area contributed by atoms with Crippen molar-refractivity contribution < 1.29 is 0 Å². The zero-order valence-electron chi connectivity index (χ0n) is 21.2. The van der Waals surface area contributed by atoms with Gasteiger partial charge in [0.15, 0.2) is 0 Å². The molecule has 0 heterocycles. The van der Waals surface area contributed by atoms with Crippen LogP contribution in [0.1, 0.15) is 49.9 Å². The highest BCUT2D eigenvalue weighted by Gasteiger charge is 2.41. The topological polar surface area (TPSA) is 0 Å². The zero-order valence-corrected chi connectivity index (χ0v) is 21.2. The second-order valence-corrected chi connectivity index (χ2v) is 11.8. The van der Waals surface area contributed by atoms with Crippen molar-refractivity contribution in [3.63, 3.8) is 0 Å². The van der Waals surface area contributed by atoms with Crippen molar-refractivity contribution in [1.82, 2.24) is 0 Å². The van der Waals surface area contributed by atoms with Crippen molar-refractivity contribution in [1.29, 1.82) is 0 Å². The second kappa shape index (κ2) is 6.45. The van der Waals surface area contributed by atoms with Crippen LogP contribution < -0.4 is 0 Å². The lowest BCUT2D eigenvalue weighted by Gasteiger charge is -2.24. The molecule has 0 radical (unpaired) electrons. The first-order chi connectivity index (χ1) is 17.4. The van der Waals surface area contributed by atoms with E-state index in [1.165, 1.54) is 76.8 Å². The van der Waals surface area contributed by atoms with Gasteiger partial charge in [-0.1, -0.05) is 100 Å². The summed E-state index contributed by atoms with van der Waals surface area (Å²) in [6, 6.07) is 36.9. The molecule has 0 N–H and O–H groups in total. The largest absolute Gasteiger partial charge is 0.0619 e. The van der Waals surface area contributed by atoms with E-state index in [9.17, 15) is 0 Å². The SMILES string of the molecule is CC1(C)c2ccccc2-c2cc3c(cc21)-c1cc2ccc4c5ccccc5ccc4c2cc1C3(C)C. The first kappa shape index (κ1) is 20.3. The first-order valence-corrected chi connectivity index (χ1v) is 13.0. The predicted octanol–water partition coefficient (Wildman–Crippen LogP) is 9.76. The fourth-order valence-corrected chi connectivity index (χ4v) is 7.24. The summed E-state index contributed by atoms with van der Waals surface area (Å²) < 4.78 is 0. The van der Waals surface area contributed by atoms with Crippen LogP contribution in [0, 0.1) is 0 Å². The van der Waals surface area contributed by atoms with Crippen LogP contribution in [0.3, 0.4) is 0 Å². The van der Waals surface area contributed by atoms with Crippen LogP contribution >= 0.6 is 0 Å². The molecule has 0 aromatic heterocycles. The maximum atomic E-state index is 2.51. The summed E-state index contributed by atoms with van der Waals surface area (Å²) in [6.45, 7) is 9.56. The lowest BCUT2D eigenvalue weighted by atomic mass is 9.79. The van der Waals surface area contributed by atoms with E-state index in [2.05, 4.69) is 125 Å². The normalized spacial score (nSPS) is 16.2. The highest BCUT2D eigenvalue weighted by molar-refractivity contribution is 6.18. The van der Waals surface area contributed by atoms with E-state index in [0.717, 1.165) is 0 Å². The Morgan fingerprint density at radius 1 is 0.361 bits per heavy atom. The molecular formula is C36H28. The molecule has 2 aliphatic carbocycles. The van der Waals surface area contributed by atoms with Crippen molar-refractivity contribution >= 4 is 32.3 Å². The molecule has 0 saturated carbocycles. The minimum atomic E-state index is -0.0470. The minimum absolute atomic E-state index is 0.0158. The molecule has 0 heteroatoms. The van der Waals surface area contributed by atoms with E-state index >= 15 is 0 Å².